The largest absolute Gasteiger partial charge is 0.235 e. The minimum absolute atomic E-state index is 0.237. The first-order valence-corrected chi connectivity index (χ1v) is 2.59. The van der Waals surface area contributed by atoms with Crippen LogP contribution in [0.15, 0.2) is 23.5 Å². The zero-order chi connectivity index (χ0) is 6.69. The van der Waals surface area contributed by atoms with Gasteiger partial charge in [-0.2, -0.15) is 0 Å². The fraction of sp³-hybridized carbons (Fsp3) is 0. The number of pyridine rings is 1. The second-order valence-corrected chi connectivity index (χ2v) is 1.79. The molecule has 1 rings (SSSR count). The molecule has 0 unspecified atom stereocenters. The summed E-state index contributed by atoms with van der Waals surface area (Å²) in [4.78, 5) is 13.5. The van der Waals surface area contributed by atoms with E-state index in [0.29, 0.717) is 0 Å². The van der Waals surface area contributed by atoms with Crippen LogP contribution in [0.5, 0.6) is 0 Å². The SMILES string of the molecule is Bc1ccc(N=O)nc1. The van der Waals surface area contributed by atoms with Crippen LogP contribution >= 0.6 is 0 Å². The summed E-state index contributed by atoms with van der Waals surface area (Å²) >= 11 is 0. The van der Waals surface area contributed by atoms with Crippen molar-refractivity contribution in [3.63, 3.8) is 0 Å². The van der Waals surface area contributed by atoms with Crippen LogP contribution in [0.25, 0.3) is 0 Å². The molecule has 0 spiro atoms. The van der Waals surface area contributed by atoms with Gasteiger partial charge < -0.3 is 0 Å². The highest BCUT2D eigenvalue weighted by molar-refractivity contribution is 6.32. The molecule has 0 aliphatic heterocycles. The van der Waals surface area contributed by atoms with Crippen LogP contribution in [-0.2, 0) is 0 Å². The molecule has 1 heterocycles. The van der Waals surface area contributed by atoms with Gasteiger partial charge in [-0.1, -0.05) is 11.5 Å². The second-order valence-electron chi connectivity index (χ2n) is 1.79. The molecule has 4 heteroatoms. The maximum absolute atomic E-state index is 9.81. The Morgan fingerprint density at radius 2 is 2.33 bits per heavy atom. The van der Waals surface area contributed by atoms with Crippen molar-refractivity contribution in [2.75, 3.05) is 0 Å². The van der Waals surface area contributed by atoms with E-state index in [4.69, 9.17) is 0 Å². The normalized spacial score (nSPS) is 8.89. The van der Waals surface area contributed by atoms with E-state index < -0.39 is 0 Å². The standard InChI is InChI=1S/C5H5BN2O/c6-4-1-2-5(8-9)7-3-4/h1-3H,6H2. The van der Waals surface area contributed by atoms with E-state index in [0.717, 1.165) is 5.46 Å². The number of hydrogen-bond acceptors (Lipinski definition) is 3. The monoisotopic (exact) mass is 120 g/mol. The van der Waals surface area contributed by atoms with Crippen LogP contribution in [0.4, 0.5) is 5.82 Å². The Bertz CT molecular complexity index is 209. The lowest BCUT2D eigenvalue weighted by atomic mass is 9.99. The van der Waals surface area contributed by atoms with Gasteiger partial charge in [0.1, 0.15) is 7.85 Å². The van der Waals surface area contributed by atoms with Gasteiger partial charge in [0.2, 0.25) is 0 Å². The number of aromatic nitrogens is 1. The van der Waals surface area contributed by atoms with E-state index in [1.54, 1.807) is 18.3 Å². The summed E-state index contributed by atoms with van der Waals surface area (Å²) in [6.07, 6.45) is 1.61. The van der Waals surface area contributed by atoms with Gasteiger partial charge in [0, 0.05) is 6.20 Å². The zero-order valence-electron chi connectivity index (χ0n) is 5.03. The van der Waals surface area contributed by atoms with Crippen LogP contribution in [-0.4, -0.2) is 12.8 Å². The van der Waals surface area contributed by atoms with Crippen molar-refractivity contribution in [3.8, 4) is 0 Å². The Morgan fingerprint density at radius 1 is 1.56 bits per heavy atom. The Labute approximate surface area is 53.5 Å². The molecule has 0 aliphatic carbocycles. The van der Waals surface area contributed by atoms with Crippen molar-refractivity contribution in [2.45, 2.75) is 0 Å². The molecule has 0 bridgehead atoms. The Balaban J connectivity index is 3.01. The van der Waals surface area contributed by atoms with Crippen molar-refractivity contribution in [3.05, 3.63) is 23.2 Å². The van der Waals surface area contributed by atoms with E-state index in [9.17, 15) is 4.91 Å². The number of hydrogen-bond donors (Lipinski definition) is 0. The molecule has 1 aromatic heterocycles. The first-order valence-electron chi connectivity index (χ1n) is 2.59. The van der Waals surface area contributed by atoms with Crippen molar-refractivity contribution < 1.29 is 0 Å². The lowest BCUT2D eigenvalue weighted by Gasteiger charge is -1.87. The smallest absolute Gasteiger partial charge is 0.196 e. The van der Waals surface area contributed by atoms with Crippen molar-refractivity contribution >= 4 is 19.1 Å². The zero-order valence-corrected chi connectivity index (χ0v) is 5.03. The number of nitrogens with zero attached hydrogens (tertiary/aromatic N) is 2. The summed E-state index contributed by atoms with van der Waals surface area (Å²) in [6, 6.07) is 3.38. The summed E-state index contributed by atoms with van der Waals surface area (Å²) in [5.74, 6) is 0.237. The summed E-state index contributed by atoms with van der Waals surface area (Å²) in [5, 5.41) is 2.65. The first kappa shape index (κ1) is 5.94. The maximum atomic E-state index is 9.81. The van der Waals surface area contributed by atoms with Crippen molar-refractivity contribution in [2.24, 2.45) is 5.18 Å². The molecule has 0 saturated carbocycles. The predicted molar refractivity (Wildman–Crippen MR) is 37.9 cm³/mol. The Morgan fingerprint density at radius 3 is 2.78 bits per heavy atom. The highest BCUT2D eigenvalue weighted by Gasteiger charge is 1.87. The fourth-order valence-electron chi connectivity index (χ4n) is 0.514. The molecule has 0 fully saturated rings. The molecule has 0 atom stereocenters. The van der Waals surface area contributed by atoms with Gasteiger partial charge in [0.15, 0.2) is 5.82 Å². The lowest BCUT2D eigenvalue weighted by molar-refractivity contribution is 1.28. The molecule has 0 amide bonds. The van der Waals surface area contributed by atoms with Gasteiger partial charge in [-0.15, -0.1) is 4.91 Å². The summed E-state index contributed by atoms with van der Waals surface area (Å²) < 4.78 is 0. The van der Waals surface area contributed by atoms with E-state index in [1.807, 2.05) is 7.85 Å². The van der Waals surface area contributed by atoms with Gasteiger partial charge in [-0.05, 0) is 11.2 Å². The van der Waals surface area contributed by atoms with Gasteiger partial charge in [0.05, 0.1) is 0 Å². The van der Waals surface area contributed by atoms with Gasteiger partial charge in [0.25, 0.3) is 0 Å². The molecule has 3 nitrogen and oxygen atoms in total. The van der Waals surface area contributed by atoms with E-state index >= 15 is 0 Å². The average Bonchev–Trinajstić information content (AvgIpc) is 1.90. The van der Waals surface area contributed by atoms with Gasteiger partial charge in [-0.25, -0.2) is 4.98 Å². The van der Waals surface area contributed by atoms with Crippen molar-refractivity contribution in [1.29, 1.82) is 0 Å². The average molecular weight is 120 g/mol. The van der Waals surface area contributed by atoms with Gasteiger partial charge >= 0.3 is 0 Å². The maximum Gasteiger partial charge on any atom is 0.196 e. The quantitative estimate of drug-likeness (QED) is 0.378. The third-order valence-corrected chi connectivity index (χ3v) is 0.989. The summed E-state index contributed by atoms with van der Waals surface area (Å²) in [5.41, 5.74) is 1.03. The molecular weight excluding hydrogens is 115 g/mol. The second kappa shape index (κ2) is 2.39. The van der Waals surface area contributed by atoms with Crippen molar-refractivity contribution in [1.82, 2.24) is 4.98 Å². The molecule has 0 radical (unpaired) electrons. The van der Waals surface area contributed by atoms with Gasteiger partial charge in [-0.3, -0.25) is 0 Å². The van der Waals surface area contributed by atoms with Crippen LogP contribution in [0.2, 0.25) is 0 Å². The highest BCUT2D eigenvalue weighted by Crippen LogP contribution is 2.00. The van der Waals surface area contributed by atoms with E-state index in [2.05, 4.69) is 10.2 Å². The minimum Gasteiger partial charge on any atom is -0.235 e. The van der Waals surface area contributed by atoms with Crippen LogP contribution in [0.1, 0.15) is 0 Å². The molecule has 0 saturated heterocycles. The van der Waals surface area contributed by atoms with Crippen LogP contribution in [0.3, 0.4) is 0 Å². The predicted octanol–water partition coefficient (Wildman–Crippen LogP) is -0.262. The molecule has 9 heavy (non-hydrogen) atoms. The summed E-state index contributed by atoms with van der Waals surface area (Å²) in [7, 11) is 1.90. The number of nitroso groups, excluding NO2 is 1. The van der Waals surface area contributed by atoms with Crippen LogP contribution in [0, 0.1) is 4.91 Å². The highest BCUT2D eigenvalue weighted by atomic mass is 16.3. The minimum atomic E-state index is 0.237. The van der Waals surface area contributed by atoms with Crippen LogP contribution < -0.4 is 5.46 Å². The third-order valence-electron chi connectivity index (χ3n) is 0.989. The Kier molecular flexibility index (Phi) is 1.58. The molecule has 0 N–H and O–H groups in total. The molecular formula is C5H5BN2O. The topological polar surface area (TPSA) is 42.3 Å². The summed E-state index contributed by atoms with van der Waals surface area (Å²) in [6.45, 7) is 0. The number of rotatable bonds is 1. The molecule has 44 valence electrons. The molecule has 0 aliphatic rings. The third kappa shape index (κ3) is 1.35. The first-order chi connectivity index (χ1) is 4.33. The fourth-order valence-corrected chi connectivity index (χ4v) is 0.514. The lowest BCUT2D eigenvalue weighted by Crippen LogP contribution is -2.00. The van der Waals surface area contributed by atoms with E-state index in [-0.39, 0.29) is 5.82 Å². The molecule has 1 aromatic rings. The van der Waals surface area contributed by atoms with E-state index in [1.165, 1.54) is 0 Å². The molecule has 0 aromatic carbocycles. The Hall–Kier alpha value is -1.19.